The summed E-state index contributed by atoms with van der Waals surface area (Å²) in [5, 5.41) is 2.87. The minimum atomic E-state index is -0.243. The second-order valence-electron chi connectivity index (χ2n) is 11.3. The molecule has 2 aromatic carbocycles. The number of nitrogens with one attached hydrogen (secondary N) is 1. The van der Waals surface area contributed by atoms with Gasteiger partial charge >= 0.3 is 0 Å². The molecule has 2 heterocycles. The molecule has 1 unspecified atom stereocenters. The summed E-state index contributed by atoms with van der Waals surface area (Å²) in [6.45, 7) is 7.76. The highest BCUT2D eigenvalue weighted by molar-refractivity contribution is 5.91. The summed E-state index contributed by atoms with van der Waals surface area (Å²) in [5.41, 5.74) is 4.89. The molecule has 0 radical (unpaired) electrons. The van der Waals surface area contributed by atoms with Crippen LogP contribution in [0.1, 0.15) is 90.6 Å². The summed E-state index contributed by atoms with van der Waals surface area (Å²) in [7, 11) is 0. The number of carbonyl (C=O) groups is 2. The molecule has 1 fully saturated rings. The monoisotopic (exact) mass is 529 g/mol. The lowest BCUT2D eigenvalue weighted by Crippen LogP contribution is -2.43. The van der Waals surface area contributed by atoms with Crippen LogP contribution in [-0.2, 0) is 17.8 Å². The number of amides is 2. The Labute approximate surface area is 230 Å². The maximum absolute atomic E-state index is 13.7. The van der Waals surface area contributed by atoms with Gasteiger partial charge in [0.1, 0.15) is 12.0 Å². The second kappa shape index (κ2) is 12.1. The Morgan fingerprint density at radius 3 is 2.74 bits per heavy atom. The fourth-order valence-electron chi connectivity index (χ4n) is 5.72. The zero-order valence-corrected chi connectivity index (χ0v) is 23.2. The number of fused-ring (bicyclic) bond motifs is 1. The molecule has 7 nitrogen and oxygen atoms in total. The van der Waals surface area contributed by atoms with E-state index in [-0.39, 0.29) is 36.1 Å². The largest absolute Gasteiger partial charge is 0.484 e. The number of aryl methyl sites for hydroxylation is 1. The van der Waals surface area contributed by atoms with E-state index in [4.69, 9.17) is 9.15 Å². The maximum Gasteiger partial charge on any atom is 0.273 e. The summed E-state index contributed by atoms with van der Waals surface area (Å²) in [6, 6.07) is 14.4. The van der Waals surface area contributed by atoms with Crippen molar-refractivity contribution >= 4 is 11.8 Å². The Kier molecular flexibility index (Phi) is 8.34. The normalized spacial score (nSPS) is 17.3. The molecule has 0 saturated heterocycles. The number of ether oxygens (including phenoxy) is 1. The predicted molar refractivity (Wildman–Crippen MR) is 149 cm³/mol. The van der Waals surface area contributed by atoms with Gasteiger partial charge in [-0.15, -0.1) is 0 Å². The van der Waals surface area contributed by atoms with Gasteiger partial charge in [0, 0.05) is 19.0 Å². The molecule has 1 aliphatic heterocycles. The molecular formula is C32H39N3O4. The molecule has 39 heavy (non-hydrogen) atoms. The molecule has 0 bridgehead atoms. The highest BCUT2D eigenvalue weighted by atomic mass is 16.5. The van der Waals surface area contributed by atoms with Gasteiger partial charge in [0.15, 0.2) is 12.3 Å². The van der Waals surface area contributed by atoms with Gasteiger partial charge < -0.3 is 19.4 Å². The van der Waals surface area contributed by atoms with Gasteiger partial charge in [-0.05, 0) is 67.3 Å². The third kappa shape index (κ3) is 6.35. The van der Waals surface area contributed by atoms with Crippen LogP contribution < -0.4 is 10.1 Å². The molecule has 2 aliphatic rings. The van der Waals surface area contributed by atoms with E-state index >= 15 is 0 Å². The molecule has 1 aromatic heterocycles. The van der Waals surface area contributed by atoms with Crippen LogP contribution in [-0.4, -0.2) is 34.8 Å². The Hall–Kier alpha value is -3.61. The SMILES string of the molecule is Cc1cccc(C2c3cc(OCc4nc(C(=O)NCCC(C)C)co4)ccc3CCN2C(=O)C2CCCC2)c1. The molecule has 1 atom stereocenters. The van der Waals surface area contributed by atoms with E-state index in [9.17, 15) is 9.59 Å². The van der Waals surface area contributed by atoms with Crippen LogP contribution in [0.2, 0.25) is 0 Å². The van der Waals surface area contributed by atoms with E-state index in [1.165, 1.54) is 17.4 Å². The number of hydrogen-bond acceptors (Lipinski definition) is 5. The Balaban J connectivity index is 1.34. The van der Waals surface area contributed by atoms with Crippen molar-refractivity contribution in [1.82, 2.24) is 15.2 Å². The smallest absolute Gasteiger partial charge is 0.273 e. The number of hydrogen-bond donors (Lipinski definition) is 1. The Bertz CT molecular complexity index is 1310. The molecule has 0 spiro atoms. The Morgan fingerprint density at radius 1 is 1.15 bits per heavy atom. The number of rotatable bonds is 9. The molecule has 1 aliphatic carbocycles. The predicted octanol–water partition coefficient (Wildman–Crippen LogP) is 6.00. The summed E-state index contributed by atoms with van der Waals surface area (Å²) < 4.78 is 11.6. The zero-order valence-electron chi connectivity index (χ0n) is 23.2. The molecule has 2 amide bonds. The van der Waals surface area contributed by atoms with Gasteiger partial charge in [-0.2, -0.15) is 0 Å². The summed E-state index contributed by atoms with van der Waals surface area (Å²) in [6.07, 6.45) is 7.35. The number of oxazole rings is 1. The van der Waals surface area contributed by atoms with Crippen molar-refractivity contribution in [2.75, 3.05) is 13.1 Å². The van der Waals surface area contributed by atoms with Gasteiger partial charge in [-0.3, -0.25) is 9.59 Å². The van der Waals surface area contributed by atoms with E-state index in [0.717, 1.165) is 56.2 Å². The molecule has 1 N–H and O–H groups in total. The lowest BCUT2D eigenvalue weighted by Gasteiger charge is -2.39. The fourth-order valence-corrected chi connectivity index (χ4v) is 5.72. The van der Waals surface area contributed by atoms with Crippen molar-refractivity contribution in [2.24, 2.45) is 11.8 Å². The van der Waals surface area contributed by atoms with Crippen LogP contribution in [0.4, 0.5) is 0 Å². The number of nitrogens with zero attached hydrogens (tertiary/aromatic N) is 2. The first-order valence-electron chi connectivity index (χ1n) is 14.2. The van der Waals surface area contributed by atoms with Gasteiger partial charge in [0.05, 0.1) is 6.04 Å². The third-order valence-corrected chi connectivity index (χ3v) is 7.84. The van der Waals surface area contributed by atoms with Crippen LogP contribution in [0.25, 0.3) is 0 Å². The van der Waals surface area contributed by atoms with Crippen molar-refractivity contribution in [3.05, 3.63) is 82.6 Å². The lowest BCUT2D eigenvalue weighted by atomic mass is 9.86. The van der Waals surface area contributed by atoms with Crippen LogP contribution in [0.5, 0.6) is 5.75 Å². The lowest BCUT2D eigenvalue weighted by molar-refractivity contribution is -0.137. The van der Waals surface area contributed by atoms with Crippen LogP contribution in [0.15, 0.2) is 53.1 Å². The van der Waals surface area contributed by atoms with E-state index < -0.39 is 0 Å². The average molecular weight is 530 g/mol. The summed E-state index contributed by atoms with van der Waals surface area (Å²) >= 11 is 0. The minimum Gasteiger partial charge on any atom is -0.484 e. The van der Waals surface area contributed by atoms with Crippen molar-refractivity contribution in [3.8, 4) is 5.75 Å². The summed E-state index contributed by atoms with van der Waals surface area (Å²) in [4.78, 5) is 32.4. The highest BCUT2D eigenvalue weighted by Crippen LogP contribution is 2.40. The van der Waals surface area contributed by atoms with Gasteiger partial charge in [-0.1, -0.05) is 62.6 Å². The van der Waals surface area contributed by atoms with E-state index in [1.807, 2.05) is 6.07 Å². The molecule has 206 valence electrons. The first kappa shape index (κ1) is 27.0. The highest BCUT2D eigenvalue weighted by Gasteiger charge is 2.36. The van der Waals surface area contributed by atoms with E-state index in [2.05, 4.69) is 72.4 Å². The van der Waals surface area contributed by atoms with Crippen molar-refractivity contribution in [3.63, 3.8) is 0 Å². The van der Waals surface area contributed by atoms with Crippen LogP contribution in [0, 0.1) is 18.8 Å². The molecular weight excluding hydrogens is 490 g/mol. The molecule has 5 rings (SSSR count). The number of benzene rings is 2. The van der Waals surface area contributed by atoms with Crippen molar-refractivity contribution in [2.45, 2.75) is 71.9 Å². The second-order valence-corrected chi connectivity index (χ2v) is 11.3. The molecule has 3 aromatic rings. The molecule has 1 saturated carbocycles. The Morgan fingerprint density at radius 2 is 1.97 bits per heavy atom. The first-order valence-corrected chi connectivity index (χ1v) is 14.2. The van der Waals surface area contributed by atoms with Gasteiger partial charge in [-0.25, -0.2) is 4.98 Å². The van der Waals surface area contributed by atoms with E-state index in [0.29, 0.717) is 24.1 Å². The topological polar surface area (TPSA) is 84.7 Å². The van der Waals surface area contributed by atoms with Crippen molar-refractivity contribution in [1.29, 1.82) is 0 Å². The number of carbonyl (C=O) groups excluding carboxylic acids is 2. The average Bonchev–Trinajstić information content (AvgIpc) is 3.63. The molecule has 7 heteroatoms. The zero-order chi connectivity index (χ0) is 27.4. The number of aromatic nitrogens is 1. The third-order valence-electron chi connectivity index (χ3n) is 7.84. The van der Waals surface area contributed by atoms with Gasteiger partial charge in [0.2, 0.25) is 11.8 Å². The van der Waals surface area contributed by atoms with Gasteiger partial charge in [0.25, 0.3) is 5.91 Å². The maximum atomic E-state index is 13.7. The van der Waals surface area contributed by atoms with Crippen LogP contribution >= 0.6 is 0 Å². The van der Waals surface area contributed by atoms with E-state index in [1.54, 1.807) is 0 Å². The quantitative estimate of drug-likeness (QED) is 0.367. The fraction of sp³-hybridized carbons (Fsp3) is 0.469. The van der Waals surface area contributed by atoms with Crippen molar-refractivity contribution < 1.29 is 18.7 Å². The standard InChI is InChI=1S/C32H39N3O4/c1-21(2)13-15-33-31(36)28-19-39-29(34-28)20-38-26-12-11-23-14-16-35(32(37)24-8-4-5-9-24)30(27(23)18-26)25-10-6-7-22(3)17-25/h6-7,10-12,17-19,21,24,30H,4-5,8-9,13-16,20H2,1-3H3,(H,33,36). The minimum absolute atomic E-state index is 0.109. The van der Waals surface area contributed by atoms with Crippen LogP contribution in [0.3, 0.4) is 0 Å². The summed E-state index contributed by atoms with van der Waals surface area (Å²) in [5.74, 6) is 1.70. The first-order chi connectivity index (χ1) is 18.9.